The van der Waals surface area contributed by atoms with Crippen LogP contribution in [0.15, 0.2) is 98.3 Å². The van der Waals surface area contributed by atoms with Gasteiger partial charge in [0.25, 0.3) is 5.91 Å². The summed E-state index contributed by atoms with van der Waals surface area (Å²) in [7, 11) is 1.60. The number of rotatable bonds is 5. The third-order valence-corrected chi connectivity index (χ3v) is 4.35. The number of para-hydroxylation sites is 1. The van der Waals surface area contributed by atoms with Gasteiger partial charge in [0.05, 0.1) is 18.5 Å². The fraction of sp³-hybridized carbons (Fsp3) is 0.0435. The number of methoxy groups -OCH3 is 1. The molecule has 3 aromatic carbocycles. The van der Waals surface area contributed by atoms with Gasteiger partial charge in [0, 0.05) is 11.1 Å². The Balaban J connectivity index is 1.61. The Bertz CT molecular complexity index is 1280. The highest BCUT2D eigenvalue weighted by Crippen LogP contribution is 2.24. The van der Waals surface area contributed by atoms with Gasteiger partial charge in [-0.05, 0) is 60.7 Å². The fourth-order valence-corrected chi connectivity index (χ4v) is 2.82. The van der Waals surface area contributed by atoms with E-state index in [0.29, 0.717) is 28.0 Å². The van der Waals surface area contributed by atoms with Gasteiger partial charge in [-0.25, -0.2) is 4.79 Å². The van der Waals surface area contributed by atoms with E-state index in [1.165, 1.54) is 6.07 Å². The van der Waals surface area contributed by atoms with Crippen LogP contribution in [0, 0.1) is 0 Å². The van der Waals surface area contributed by atoms with Crippen molar-refractivity contribution in [2.75, 3.05) is 12.4 Å². The highest BCUT2D eigenvalue weighted by Gasteiger charge is 2.14. The largest absolute Gasteiger partial charge is 0.497 e. The molecular weight excluding hydrogens is 382 g/mol. The third-order valence-electron chi connectivity index (χ3n) is 4.35. The lowest BCUT2D eigenvalue weighted by molar-refractivity contribution is 0.102. The van der Waals surface area contributed by atoms with Crippen LogP contribution < -0.4 is 15.7 Å². The van der Waals surface area contributed by atoms with E-state index in [1.807, 2.05) is 6.07 Å². The van der Waals surface area contributed by atoms with Crippen LogP contribution in [0.3, 0.4) is 0 Å². The number of nitrogens with zero attached hydrogens (tertiary/aromatic N) is 2. The molecule has 4 aromatic rings. The summed E-state index contributed by atoms with van der Waals surface area (Å²) >= 11 is 0. The van der Waals surface area contributed by atoms with Crippen molar-refractivity contribution in [1.82, 2.24) is 0 Å². The summed E-state index contributed by atoms with van der Waals surface area (Å²) in [5.74, 6) is 0.193. The van der Waals surface area contributed by atoms with Crippen molar-refractivity contribution >= 4 is 33.9 Å². The molecule has 0 bridgehead atoms. The molecule has 1 heterocycles. The number of azo groups is 1. The summed E-state index contributed by atoms with van der Waals surface area (Å²) in [5, 5.41) is 11.6. The van der Waals surface area contributed by atoms with Gasteiger partial charge in [0.1, 0.15) is 16.9 Å². The van der Waals surface area contributed by atoms with Gasteiger partial charge in [-0.1, -0.05) is 18.2 Å². The third kappa shape index (κ3) is 4.25. The molecule has 0 unspecified atom stereocenters. The molecular formula is C23H17N3O4. The molecule has 0 aliphatic heterocycles. The van der Waals surface area contributed by atoms with Gasteiger partial charge in [-0.2, -0.15) is 10.2 Å². The first-order valence-corrected chi connectivity index (χ1v) is 9.12. The smallest absolute Gasteiger partial charge is 0.349 e. The van der Waals surface area contributed by atoms with E-state index in [2.05, 4.69) is 15.5 Å². The summed E-state index contributed by atoms with van der Waals surface area (Å²) in [6.07, 6.45) is 0. The Hall–Kier alpha value is -4.26. The lowest BCUT2D eigenvalue weighted by Gasteiger charge is -2.05. The van der Waals surface area contributed by atoms with E-state index >= 15 is 0 Å². The summed E-state index contributed by atoms with van der Waals surface area (Å²) in [6, 6.07) is 22.5. The van der Waals surface area contributed by atoms with Gasteiger partial charge >= 0.3 is 5.63 Å². The molecule has 1 aromatic heterocycles. The number of carbonyl (C=O) groups is 1. The Morgan fingerprint density at radius 2 is 1.60 bits per heavy atom. The van der Waals surface area contributed by atoms with Crippen molar-refractivity contribution < 1.29 is 13.9 Å². The van der Waals surface area contributed by atoms with E-state index in [1.54, 1.807) is 73.8 Å². The summed E-state index contributed by atoms with van der Waals surface area (Å²) < 4.78 is 10.4. The SMILES string of the molecule is COc1ccc(N=Nc2ccc3oc(=O)c(C(=O)Nc4ccccc4)cc3c2)cc1. The molecule has 1 amide bonds. The number of hydrogen-bond donors (Lipinski definition) is 1. The maximum Gasteiger partial charge on any atom is 0.349 e. The predicted octanol–water partition coefficient (Wildman–Crippen LogP) is 5.47. The zero-order valence-corrected chi connectivity index (χ0v) is 16.0. The summed E-state index contributed by atoms with van der Waals surface area (Å²) in [5.41, 5.74) is 1.38. The molecule has 0 saturated heterocycles. The molecule has 0 atom stereocenters. The number of fused-ring (bicyclic) bond motifs is 1. The average molecular weight is 399 g/mol. The second-order valence-electron chi connectivity index (χ2n) is 6.39. The van der Waals surface area contributed by atoms with Crippen molar-refractivity contribution in [2.45, 2.75) is 0 Å². The number of nitrogens with one attached hydrogen (secondary N) is 1. The first-order valence-electron chi connectivity index (χ1n) is 9.12. The molecule has 148 valence electrons. The number of benzene rings is 3. The quantitative estimate of drug-likeness (QED) is 0.356. The van der Waals surface area contributed by atoms with Crippen molar-refractivity contribution in [3.63, 3.8) is 0 Å². The number of carbonyl (C=O) groups excluding carboxylic acids is 1. The maximum absolute atomic E-state index is 12.5. The molecule has 0 aliphatic carbocycles. The number of amides is 1. The number of ether oxygens (including phenoxy) is 1. The van der Waals surface area contributed by atoms with Gasteiger partial charge in [-0.3, -0.25) is 4.79 Å². The van der Waals surface area contributed by atoms with E-state index < -0.39 is 11.5 Å². The molecule has 0 spiro atoms. The molecule has 7 nitrogen and oxygen atoms in total. The van der Waals surface area contributed by atoms with Crippen LogP contribution in [0.5, 0.6) is 5.75 Å². The van der Waals surface area contributed by atoms with Crippen LogP contribution in [-0.4, -0.2) is 13.0 Å². The lowest BCUT2D eigenvalue weighted by Crippen LogP contribution is -2.20. The molecule has 7 heteroatoms. The molecule has 0 fully saturated rings. The molecule has 0 saturated carbocycles. The molecule has 1 N–H and O–H groups in total. The van der Waals surface area contributed by atoms with Gasteiger partial charge in [-0.15, -0.1) is 0 Å². The first kappa shape index (κ1) is 19.1. The zero-order chi connectivity index (χ0) is 20.9. The second kappa shape index (κ2) is 8.40. The standard InChI is InChI=1S/C23H17N3O4/c1-29-19-10-7-17(8-11-19)25-26-18-9-12-21-15(13-18)14-20(23(28)30-21)22(27)24-16-5-3-2-4-6-16/h2-14H,1H3,(H,24,27). The Morgan fingerprint density at radius 3 is 2.33 bits per heavy atom. The maximum atomic E-state index is 12.5. The van der Waals surface area contributed by atoms with Gasteiger partial charge in [0.2, 0.25) is 0 Å². The number of anilines is 1. The minimum absolute atomic E-state index is 0.0874. The Labute approximate surface area is 171 Å². The van der Waals surface area contributed by atoms with Crippen molar-refractivity contribution in [3.8, 4) is 5.75 Å². The summed E-state index contributed by atoms with van der Waals surface area (Å²) in [6.45, 7) is 0. The molecule has 0 radical (unpaired) electrons. The lowest BCUT2D eigenvalue weighted by atomic mass is 10.1. The molecule has 4 rings (SSSR count). The molecule has 0 aliphatic rings. The first-order chi connectivity index (χ1) is 14.6. The van der Waals surface area contributed by atoms with Crippen LogP contribution in [0.4, 0.5) is 17.1 Å². The van der Waals surface area contributed by atoms with Gasteiger partial charge < -0.3 is 14.5 Å². The average Bonchev–Trinajstić information content (AvgIpc) is 2.78. The van der Waals surface area contributed by atoms with E-state index in [4.69, 9.17) is 9.15 Å². The predicted molar refractivity (Wildman–Crippen MR) is 114 cm³/mol. The Morgan fingerprint density at radius 1 is 0.900 bits per heavy atom. The minimum atomic E-state index is -0.705. The van der Waals surface area contributed by atoms with Crippen molar-refractivity contribution in [1.29, 1.82) is 0 Å². The van der Waals surface area contributed by atoms with Crippen LogP contribution in [0.25, 0.3) is 11.0 Å². The highest BCUT2D eigenvalue weighted by molar-refractivity contribution is 6.05. The van der Waals surface area contributed by atoms with E-state index in [9.17, 15) is 9.59 Å². The van der Waals surface area contributed by atoms with Gasteiger partial charge in [0.15, 0.2) is 0 Å². The van der Waals surface area contributed by atoms with Crippen LogP contribution in [-0.2, 0) is 0 Å². The normalized spacial score (nSPS) is 11.0. The van der Waals surface area contributed by atoms with Crippen LogP contribution >= 0.6 is 0 Å². The molecule has 30 heavy (non-hydrogen) atoms. The highest BCUT2D eigenvalue weighted by atomic mass is 16.5. The van der Waals surface area contributed by atoms with Crippen molar-refractivity contribution in [2.24, 2.45) is 10.2 Å². The minimum Gasteiger partial charge on any atom is -0.497 e. The second-order valence-corrected chi connectivity index (χ2v) is 6.39. The number of hydrogen-bond acceptors (Lipinski definition) is 6. The van der Waals surface area contributed by atoms with Crippen LogP contribution in [0.1, 0.15) is 10.4 Å². The summed E-state index contributed by atoms with van der Waals surface area (Å²) in [4.78, 5) is 24.7. The van der Waals surface area contributed by atoms with E-state index in [-0.39, 0.29) is 5.56 Å². The zero-order valence-electron chi connectivity index (χ0n) is 16.0. The fourth-order valence-electron chi connectivity index (χ4n) is 2.82. The topological polar surface area (TPSA) is 93.3 Å². The van der Waals surface area contributed by atoms with E-state index in [0.717, 1.165) is 5.75 Å². The van der Waals surface area contributed by atoms with Crippen LogP contribution in [0.2, 0.25) is 0 Å². The van der Waals surface area contributed by atoms with Crippen molar-refractivity contribution in [3.05, 3.63) is 94.8 Å². The monoisotopic (exact) mass is 399 g/mol. The Kier molecular flexibility index (Phi) is 5.34.